The van der Waals surface area contributed by atoms with Gasteiger partial charge in [-0.05, 0) is 91.2 Å². The van der Waals surface area contributed by atoms with Crippen molar-refractivity contribution in [2.75, 3.05) is 33.3 Å². The van der Waals surface area contributed by atoms with Crippen molar-refractivity contribution in [2.24, 2.45) is 0 Å². The third-order valence-corrected chi connectivity index (χ3v) is 9.52. The molecule has 4 aromatic rings. The van der Waals surface area contributed by atoms with Crippen molar-refractivity contribution in [3.8, 4) is 39.8 Å². The lowest BCUT2D eigenvalue weighted by atomic mass is 9.96. The summed E-state index contributed by atoms with van der Waals surface area (Å²) in [5.74, 6) is 1.26. The Morgan fingerprint density at radius 3 is 2.61 bits per heavy atom. The molecule has 0 unspecified atom stereocenters. The predicted molar refractivity (Wildman–Crippen MR) is 181 cm³/mol. The molecule has 1 N–H and O–H groups in total. The van der Waals surface area contributed by atoms with E-state index in [2.05, 4.69) is 33.4 Å². The van der Waals surface area contributed by atoms with Crippen LogP contribution in [0.5, 0.6) is 11.5 Å². The summed E-state index contributed by atoms with van der Waals surface area (Å²) < 4.78 is 26.2. The van der Waals surface area contributed by atoms with Gasteiger partial charge in [-0.25, -0.2) is 4.39 Å². The highest BCUT2D eigenvalue weighted by Gasteiger charge is 2.28. The second-order valence-electron chi connectivity index (χ2n) is 11.9. The summed E-state index contributed by atoms with van der Waals surface area (Å²) in [6.07, 6.45) is 6.20. The number of alkyl halides is 1. The molecule has 1 fully saturated rings. The number of pyridine rings is 1. The fourth-order valence-corrected chi connectivity index (χ4v) is 7.02. The monoisotopic (exact) mass is 658 g/mol. The van der Waals surface area contributed by atoms with Gasteiger partial charge in [0.2, 0.25) is 0 Å². The molecule has 1 saturated heterocycles. The molecule has 2 heterocycles. The molecule has 6 rings (SSSR count). The van der Waals surface area contributed by atoms with Crippen LogP contribution in [0.1, 0.15) is 54.0 Å². The Bertz CT molecular complexity index is 1740. The number of ether oxygens (including phenoxy) is 2. The van der Waals surface area contributed by atoms with Gasteiger partial charge in [0.05, 0.1) is 22.2 Å². The van der Waals surface area contributed by atoms with Crippen LogP contribution in [0.25, 0.3) is 22.3 Å². The molecule has 0 saturated carbocycles. The zero-order valence-electron chi connectivity index (χ0n) is 25.9. The van der Waals surface area contributed by atoms with Gasteiger partial charge in [0.1, 0.15) is 29.8 Å². The van der Waals surface area contributed by atoms with Crippen LogP contribution in [0, 0.1) is 11.3 Å². The number of rotatable bonds is 11. The Hall–Kier alpha value is -3.67. The van der Waals surface area contributed by atoms with E-state index in [0.717, 1.165) is 72.3 Å². The third-order valence-electron chi connectivity index (χ3n) is 8.84. The highest BCUT2D eigenvalue weighted by Crippen LogP contribution is 2.45. The smallest absolute Gasteiger partial charge is 0.139 e. The van der Waals surface area contributed by atoms with E-state index in [9.17, 15) is 9.65 Å². The van der Waals surface area contributed by atoms with Crippen LogP contribution >= 0.6 is 23.2 Å². The molecule has 46 heavy (non-hydrogen) atoms. The third kappa shape index (κ3) is 7.16. The summed E-state index contributed by atoms with van der Waals surface area (Å²) in [6, 6.07) is 20.1. The minimum atomic E-state index is -0.659. The standard InChI is InChI=1S/C37H37Cl2FN4O2/c1-42-22-26-18-33(38)36(19-32(26)25-17-24(20-41)21-43-23-25)46-34-10-9-29-28(5-2-6-30(29)34)31-7-3-8-35(37(31)39)45-16-4-13-44-14-11-27(40)12-15-44/h2-3,5-8,17-19,21,23,27,34,42H,4,9-16,22H2,1H3/t34-/m0/s1. The average molecular weight is 660 g/mol. The first-order chi connectivity index (χ1) is 22.4. The van der Waals surface area contributed by atoms with E-state index >= 15 is 0 Å². The van der Waals surface area contributed by atoms with Crippen molar-refractivity contribution in [1.29, 1.82) is 5.26 Å². The molecule has 0 bridgehead atoms. The van der Waals surface area contributed by atoms with E-state index in [1.807, 2.05) is 49.5 Å². The lowest BCUT2D eigenvalue weighted by Gasteiger charge is -2.28. The second-order valence-corrected chi connectivity index (χ2v) is 12.7. The van der Waals surface area contributed by atoms with Crippen molar-refractivity contribution in [3.05, 3.63) is 99.3 Å². The molecule has 2 aliphatic rings. The molecule has 1 aromatic heterocycles. The average Bonchev–Trinajstić information content (AvgIpc) is 3.49. The fraction of sp³-hybridized carbons (Fsp3) is 0.351. The van der Waals surface area contributed by atoms with Crippen molar-refractivity contribution in [2.45, 2.75) is 50.9 Å². The van der Waals surface area contributed by atoms with E-state index in [4.69, 9.17) is 32.7 Å². The summed E-state index contributed by atoms with van der Waals surface area (Å²) in [5.41, 5.74) is 7.55. The SMILES string of the molecule is CNCc1cc(Cl)c(O[C@H]2CCc3c(-c4cccc(OCCCN5CCC(F)CC5)c4Cl)cccc32)cc1-c1cncc(C#N)c1. The van der Waals surface area contributed by atoms with E-state index in [0.29, 0.717) is 53.1 Å². The van der Waals surface area contributed by atoms with E-state index in [-0.39, 0.29) is 6.10 Å². The summed E-state index contributed by atoms with van der Waals surface area (Å²) in [6.45, 7) is 3.66. The molecule has 3 aromatic carbocycles. The van der Waals surface area contributed by atoms with Gasteiger partial charge in [-0.3, -0.25) is 4.98 Å². The van der Waals surface area contributed by atoms with Gasteiger partial charge < -0.3 is 19.7 Å². The van der Waals surface area contributed by atoms with E-state index in [1.54, 1.807) is 12.4 Å². The Morgan fingerprint density at radius 2 is 1.80 bits per heavy atom. The van der Waals surface area contributed by atoms with Crippen LogP contribution in [0.3, 0.4) is 0 Å². The second kappa shape index (κ2) is 14.8. The predicted octanol–water partition coefficient (Wildman–Crippen LogP) is 8.58. The van der Waals surface area contributed by atoms with E-state index in [1.165, 1.54) is 5.56 Å². The zero-order chi connectivity index (χ0) is 32.0. The van der Waals surface area contributed by atoms with Crippen LogP contribution < -0.4 is 14.8 Å². The van der Waals surface area contributed by atoms with Crippen LogP contribution in [-0.2, 0) is 13.0 Å². The van der Waals surface area contributed by atoms with Crippen molar-refractivity contribution >= 4 is 23.2 Å². The van der Waals surface area contributed by atoms with Gasteiger partial charge in [-0.1, -0.05) is 53.5 Å². The highest BCUT2D eigenvalue weighted by atomic mass is 35.5. The first kappa shape index (κ1) is 32.3. The number of piperidine rings is 1. The largest absolute Gasteiger partial charge is 0.492 e. The van der Waals surface area contributed by atoms with Gasteiger partial charge >= 0.3 is 0 Å². The number of nitriles is 1. The molecule has 1 aliphatic heterocycles. The van der Waals surface area contributed by atoms with Crippen molar-refractivity contribution in [1.82, 2.24) is 15.2 Å². The number of hydrogen-bond acceptors (Lipinski definition) is 6. The number of nitrogens with zero attached hydrogens (tertiary/aromatic N) is 3. The Balaban J connectivity index is 1.20. The van der Waals surface area contributed by atoms with Crippen LogP contribution in [0.4, 0.5) is 4.39 Å². The quantitative estimate of drug-likeness (QED) is 0.163. The van der Waals surface area contributed by atoms with Crippen molar-refractivity contribution in [3.63, 3.8) is 0 Å². The molecule has 238 valence electrons. The molecule has 0 spiro atoms. The lowest BCUT2D eigenvalue weighted by molar-refractivity contribution is 0.143. The van der Waals surface area contributed by atoms with Crippen LogP contribution in [-0.4, -0.2) is 49.3 Å². The molecule has 1 atom stereocenters. The van der Waals surface area contributed by atoms with Gasteiger partial charge in [0.15, 0.2) is 0 Å². The number of nitrogens with one attached hydrogen (secondary N) is 1. The lowest BCUT2D eigenvalue weighted by Crippen LogP contribution is -2.35. The Morgan fingerprint density at radius 1 is 1.00 bits per heavy atom. The Kier molecular flexibility index (Phi) is 10.4. The highest BCUT2D eigenvalue weighted by molar-refractivity contribution is 6.35. The first-order valence-electron chi connectivity index (χ1n) is 15.8. The number of benzene rings is 3. The number of fused-ring (bicyclic) bond motifs is 1. The van der Waals surface area contributed by atoms with Gasteiger partial charge in [-0.15, -0.1) is 0 Å². The molecular formula is C37H37Cl2FN4O2. The maximum atomic E-state index is 13.4. The van der Waals surface area contributed by atoms with Gasteiger partial charge in [0.25, 0.3) is 0 Å². The minimum absolute atomic E-state index is 0.181. The number of hydrogen-bond donors (Lipinski definition) is 1. The first-order valence-corrected chi connectivity index (χ1v) is 16.6. The number of aromatic nitrogens is 1. The van der Waals surface area contributed by atoms with Crippen LogP contribution in [0.15, 0.2) is 67.0 Å². The summed E-state index contributed by atoms with van der Waals surface area (Å²) in [4.78, 5) is 6.57. The molecule has 1 aliphatic carbocycles. The van der Waals surface area contributed by atoms with Gasteiger partial charge in [0, 0.05) is 49.7 Å². The normalized spacial score (nSPS) is 16.6. The molecular weight excluding hydrogens is 622 g/mol. The molecule has 0 amide bonds. The number of likely N-dealkylation sites (tertiary alicyclic amines) is 1. The zero-order valence-corrected chi connectivity index (χ0v) is 27.4. The summed E-state index contributed by atoms with van der Waals surface area (Å²) in [7, 11) is 1.88. The van der Waals surface area contributed by atoms with Crippen LogP contribution in [0.2, 0.25) is 10.0 Å². The summed E-state index contributed by atoms with van der Waals surface area (Å²) in [5, 5.41) is 13.7. The molecule has 9 heteroatoms. The van der Waals surface area contributed by atoms with Crippen molar-refractivity contribution < 1.29 is 13.9 Å². The fourth-order valence-electron chi connectivity index (χ4n) is 6.51. The maximum absolute atomic E-state index is 13.4. The molecule has 0 radical (unpaired) electrons. The summed E-state index contributed by atoms with van der Waals surface area (Å²) >= 11 is 13.7. The topological polar surface area (TPSA) is 70.4 Å². The van der Waals surface area contributed by atoms with E-state index < -0.39 is 6.17 Å². The number of halogens is 3. The van der Waals surface area contributed by atoms with Gasteiger partial charge in [-0.2, -0.15) is 5.26 Å². The Labute approximate surface area is 280 Å². The molecule has 6 nitrogen and oxygen atoms in total. The maximum Gasteiger partial charge on any atom is 0.139 e. The minimum Gasteiger partial charge on any atom is -0.492 e.